The Morgan fingerprint density at radius 1 is 1.43 bits per heavy atom. The number of aryl methyl sites for hydroxylation is 1. The zero-order valence-corrected chi connectivity index (χ0v) is 14.4. The Balaban J connectivity index is 2.34. The van der Waals surface area contributed by atoms with Crippen molar-refractivity contribution in [3.05, 3.63) is 18.0 Å². The van der Waals surface area contributed by atoms with Crippen LogP contribution >= 0.6 is 0 Å². The summed E-state index contributed by atoms with van der Waals surface area (Å²) < 4.78 is 2.04. The summed E-state index contributed by atoms with van der Waals surface area (Å²) in [5, 5.41) is 8.22. The van der Waals surface area contributed by atoms with E-state index in [0.717, 1.165) is 18.9 Å². The summed E-state index contributed by atoms with van der Waals surface area (Å²) in [6.45, 7) is 5.68. The second kappa shape index (κ2) is 6.93. The van der Waals surface area contributed by atoms with Crippen LogP contribution in [0.15, 0.2) is 12.3 Å². The monoisotopic (exact) mass is 292 g/mol. The molecule has 1 atom stereocenters. The van der Waals surface area contributed by atoms with Crippen LogP contribution in [-0.2, 0) is 7.05 Å². The molecule has 0 aromatic carbocycles. The molecule has 1 N–H and O–H groups in total. The first-order valence-corrected chi connectivity index (χ1v) is 8.40. The summed E-state index contributed by atoms with van der Waals surface area (Å²) in [7, 11) is 6.55. The molecule has 1 aromatic rings. The van der Waals surface area contributed by atoms with Gasteiger partial charge in [0.1, 0.15) is 0 Å². The molecule has 1 saturated carbocycles. The Morgan fingerprint density at radius 3 is 2.57 bits per heavy atom. The smallest absolute Gasteiger partial charge is 0.0678 e. The van der Waals surface area contributed by atoms with Gasteiger partial charge in [0, 0.05) is 18.8 Å². The fourth-order valence-corrected chi connectivity index (χ4v) is 3.78. The lowest BCUT2D eigenvalue weighted by Gasteiger charge is -2.50. The molecule has 0 aliphatic heterocycles. The topological polar surface area (TPSA) is 33.1 Å². The van der Waals surface area contributed by atoms with Crippen molar-refractivity contribution in [2.24, 2.45) is 13.0 Å². The van der Waals surface area contributed by atoms with Crippen molar-refractivity contribution in [1.29, 1.82) is 0 Å². The molecule has 4 heteroatoms. The number of likely N-dealkylation sites (N-methyl/N-ethyl adjacent to an activating group) is 1. The maximum atomic E-state index is 4.40. The third-order valence-corrected chi connectivity index (χ3v) is 5.32. The van der Waals surface area contributed by atoms with Gasteiger partial charge in [-0.1, -0.05) is 13.8 Å². The molecule has 0 spiro atoms. The highest BCUT2D eigenvalue weighted by Gasteiger charge is 2.44. The number of hydrogen-bond acceptors (Lipinski definition) is 3. The van der Waals surface area contributed by atoms with Gasteiger partial charge in [-0.15, -0.1) is 0 Å². The highest BCUT2D eigenvalue weighted by atomic mass is 15.3. The lowest BCUT2D eigenvalue weighted by molar-refractivity contribution is 0.0401. The molecular formula is C17H32N4. The third kappa shape index (κ3) is 3.32. The maximum Gasteiger partial charge on any atom is 0.0678 e. The van der Waals surface area contributed by atoms with Gasteiger partial charge in [0.25, 0.3) is 0 Å². The molecular weight excluding hydrogens is 260 g/mol. The van der Waals surface area contributed by atoms with Gasteiger partial charge in [0.15, 0.2) is 0 Å². The van der Waals surface area contributed by atoms with E-state index >= 15 is 0 Å². The Morgan fingerprint density at radius 2 is 2.10 bits per heavy atom. The molecule has 1 aliphatic rings. The van der Waals surface area contributed by atoms with Gasteiger partial charge >= 0.3 is 0 Å². The van der Waals surface area contributed by atoms with Gasteiger partial charge < -0.3 is 10.2 Å². The maximum absolute atomic E-state index is 4.40. The molecule has 1 heterocycles. The van der Waals surface area contributed by atoms with E-state index < -0.39 is 0 Å². The standard InChI is InChI=1S/C17H32N4/c1-6-12-18-16(15-9-13-19-21(15)5)17(20(3)4)10-7-14(2)8-11-17/h9,13-14,16,18H,6-8,10-12H2,1-5H3. The second-order valence-corrected chi connectivity index (χ2v) is 6.95. The Labute approximate surface area is 129 Å². The van der Waals surface area contributed by atoms with Gasteiger partial charge in [-0.05, 0) is 64.7 Å². The van der Waals surface area contributed by atoms with Crippen molar-refractivity contribution in [1.82, 2.24) is 20.0 Å². The second-order valence-electron chi connectivity index (χ2n) is 6.95. The predicted molar refractivity (Wildman–Crippen MR) is 88.3 cm³/mol. The van der Waals surface area contributed by atoms with Gasteiger partial charge in [-0.2, -0.15) is 5.10 Å². The van der Waals surface area contributed by atoms with E-state index in [-0.39, 0.29) is 5.54 Å². The summed E-state index contributed by atoms with van der Waals surface area (Å²) in [6, 6.07) is 2.53. The molecule has 4 nitrogen and oxygen atoms in total. The lowest BCUT2D eigenvalue weighted by atomic mass is 9.71. The summed E-state index contributed by atoms with van der Waals surface area (Å²) in [5.74, 6) is 0.858. The first-order chi connectivity index (χ1) is 10.0. The highest BCUT2D eigenvalue weighted by molar-refractivity contribution is 5.16. The van der Waals surface area contributed by atoms with Gasteiger partial charge in [-0.25, -0.2) is 0 Å². The average Bonchev–Trinajstić information content (AvgIpc) is 2.87. The Hall–Kier alpha value is -0.870. The van der Waals surface area contributed by atoms with Crippen LogP contribution in [0, 0.1) is 5.92 Å². The number of hydrogen-bond donors (Lipinski definition) is 1. The van der Waals surface area contributed by atoms with Crippen molar-refractivity contribution >= 4 is 0 Å². The van der Waals surface area contributed by atoms with Crippen LogP contribution in [-0.4, -0.2) is 40.9 Å². The average molecular weight is 292 g/mol. The minimum Gasteiger partial charge on any atom is -0.307 e. The van der Waals surface area contributed by atoms with Gasteiger partial charge in [0.2, 0.25) is 0 Å². The van der Waals surface area contributed by atoms with E-state index in [4.69, 9.17) is 0 Å². The number of nitrogens with zero attached hydrogens (tertiary/aromatic N) is 3. The number of aromatic nitrogens is 2. The molecule has 0 saturated heterocycles. The van der Waals surface area contributed by atoms with E-state index in [0.29, 0.717) is 6.04 Å². The number of rotatable bonds is 6. The fraction of sp³-hybridized carbons (Fsp3) is 0.824. The third-order valence-electron chi connectivity index (χ3n) is 5.32. The zero-order valence-electron chi connectivity index (χ0n) is 14.4. The van der Waals surface area contributed by atoms with Crippen LogP contribution in [0.1, 0.15) is 57.7 Å². The first kappa shape index (κ1) is 16.5. The normalized spacial score (nSPS) is 28.0. The predicted octanol–water partition coefficient (Wildman–Crippen LogP) is 2.97. The summed E-state index contributed by atoms with van der Waals surface area (Å²) in [4.78, 5) is 2.46. The van der Waals surface area contributed by atoms with E-state index in [2.05, 4.69) is 56.4 Å². The zero-order chi connectivity index (χ0) is 15.5. The van der Waals surface area contributed by atoms with Gasteiger partial charge in [0.05, 0.1) is 11.7 Å². The summed E-state index contributed by atoms with van der Waals surface area (Å²) in [5.41, 5.74) is 1.52. The molecule has 0 radical (unpaired) electrons. The minimum atomic E-state index is 0.204. The van der Waals surface area contributed by atoms with E-state index in [1.807, 2.05) is 10.9 Å². The SMILES string of the molecule is CCCNC(c1ccnn1C)C1(N(C)C)CCC(C)CC1. The van der Waals surface area contributed by atoms with Gasteiger partial charge in [-0.3, -0.25) is 4.68 Å². The van der Waals surface area contributed by atoms with Crippen LogP contribution in [0.4, 0.5) is 0 Å². The summed E-state index contributed by atoms with van der Waals surface area (Å²) in [6.07, 6.45) is 8.24. The largest absolute Gasteiger partial charge is 0.307 e. The van der Waals surface area contributed by atoms with E-state index in [1.54, 1.807) is 0 Å². The van der Waals surface area contributed by atoms with Crippen molar-refractivity contribution in [3.63, 3.8) is 0 Å². The fourth-order valence-electron chi connectivity index (χ4n) is 3.78. The molecule has 2 rings (SSSR count). The molecule has 21 heavy (non-hydrogen) atoms. The van der Waals surface area contributed by atoms with E-state index in [9.17, 15) is 0 Å². The van der Waals surface area contributed by atoms with E-state index in [1.165, 1.54) is 31.4 Å². The van der Waals surface area contributed by atoms with Crippen molar-refractivity contribution in [2.45, 2.75) is 57.5 Å². The minimum absolute atomic E-state index is 0.204. The van der Waals surface area contributed by atoms with Crippen LogP contribution in [0.2, 0.25) is 0 Å². The highest BCUT2D eigenvalue weighted by Crippen LogP contribution is 2.43. The van der Waals surface area contributed by atoms with Crippen molar-refractivity contribution in [3.8, 4) is 0 Å². The van der Waals surface area contributed by atoms with Crippen LogP contribution in [0.25, 0.3) is 0 Å². The molecule has 1 aliphatic carbocycles. The van der Waals surface area contributed by atoms with Crippen molar-refractivity contribution in [2.75, 3.05) is 20.6 Å². The molecule has 0 amide bonds. The molecule has 1 aromatic heterocycles. The lowest BCUT2D eigenvalue weighted by Crippen LogP contribution is -2.56. The first-order valence-electron chi connectivity index (χ1n) is 8.40. The Bertz CT molecular complexity index is 430. The quantitative estimate of drug-likeness (QED) is 0.875. The number of nitrogens with one attached hydrogen (secondary N) is 1. The summed E-state index contributed by atoms with van der Waals surface area (Å²) >= 11 is 0. The molecule has 1 fully saturated rings. The van der Waals surface area contributed by atoms with Crippen LogP contribution < -0.4 is 5.32 Å². The molecule has 1 unspecified atom stereocenters. The molecule has 0 bridgehead atoms. The van der Waals surface area contributed by atoms with Crippen LogP contribution in [0.3, 0.4) is 0 Å². The molecule has 120 valence electrons. The van der Waals surface area contributed by atoms with Crippen LogP contribution in [0.5, 0.6) is 0 Å². The Kier molecular flexibility index (Phi) is 5.44. The van der Waals surface area contributed by atoms with Crippen molar-refractivity contribution < 1.29 is 0 Å².